The van der Waals surface area contributed by atoms with Gasteiger partial charge in [0.1, 0.15) is 17.7 Å². The van der Waals surface area contributed by atoms with Crippen LogP contribution in [0.3, 0.4) is 0 Å². The van der Waals surface area contributed by atoms with Gasteiger partial charge in [0.15, 0.2) is 0 Å². The van der Waals surface area contributed by atoms with E-state index in [4.69, 9.17) is 6.42 Å². The number of carbonyl (C=O) groups is 2. The molecule has 2 aromatic heterocycles. The van der Waals surface area contributed by atoms with Gasteiger partial charge in [-0.25, -0.2) is 13.8 Å². The number of amides is 1. The Morgan fingerprint density at radius 1 is 1.08 bits per heavy atom. The summed E-state index contributed by atoms with van der Waals surface area (Å²) in [6, 6.07) is 2.78. The van der Waals surface area contributed by atoms with Crippen molar-refractivity contribution >= 4 is 11.9 Å². The fourth-order valence-electron chi connectivity index (χ4n) is 5.96. The molecule has 258 valence electrons. The number of rotatable bonds is 12. The number of nitrogens with one attached hydrogen (secondary N) is 1. The van der Waals surface area contributed by atoms with E-state index >= 15 is 4.39 Å². The van der Waals surface area contributed by atoms with Crippen LogP contribution in [0.2, 0.25) is 0 Å². The molecular weight excluding hydrogens is 647 g/mol. The van der Waals surface area contributed by atoms with Gasteiger partial charge < -0.3 is 19.6 Å². The summed E-state index contributed by atoms with van der Waals surface area (Å²) in [6.45, 7) is 6.85. The summed E-state index contributed by atoms with van der Waals surface area (Å²) in [5, 5.41) is 12.3. The zero-order valence-electron chi connectivity index (χ0n) is 27.2. The first kappa shape index (κ1) is 36.6. The van der Waals surface area contributed by atoms with E-state index in [2.05, 4.69) is 16.2 Å². The zero-order chi connectivity index (χ0) is 36.2. The molecule has 0 aliphatic rings. The monoisotopic (exact) mass is 682 g/mol. The van der Waals surface area contributed by atoms with Crippen LogP contribution in [0.4, 0.5) is 22.0 Å². The first-order valence-corrected chi connectivity index (χ1v) is 15.4. The van der Waals surface area contributed by atoms with Gasteiger partial charge >= 0.3 is 12.1 Å². The maximum absolute atomic E-state index is 15.9. The van der Waals surface area contributed by atoms with Crippen molar-refractivity contribution in [2.45, 2.75) is 71.8 Å². The molecular formula is C36H35F5N4O4. The molecule has 8 nitrogen and oxygen atoms in total. The number of carboxylic acids is 1. The van der Waals surface area contributed by atoms with Crippen molar-refractivity contribution in [2.75, 3.05) is 0 Å². The number of halogens is 5. The molecule has 1 amide bonds. The van der Waals surface area contributed by atoms with E-state index in [1.54, 1.807) is 38.5 Å². The predicted octanol–water partition coefficient (Wildman–Crippen LogP) is 6.77. The smallest absolute Gasteiger partial charge is 0.416 e. The zero-order valence-corrected chi connectivity index (χ0v) is 27.2. The summed E-state index contributed by atoms with van der Waals surface area (Å²) in [4.78, 5) is 43.1. The molecule has 2 N–H and O–H groups in total. The van der Waals surface area contributed by atoms with Gasteiger partial charge in [0.2, 0.25) is 5.91 Å². The highest BCUT2D eigenvalue weighted by Crippen LogP contribution is 2.35. The average molecular weight is 683 g/mol. The van der Waals surface area contributed by atoms with Crippen LogP contribution in [0.1, 0.15) is 72.2 Å². The van der Waals surface area contributed by atoms with Crippen LogP contribution in [-0.2, 0) is 28.7 Å². The number of imidazole rings is 1. The van der Waals surface area contributed by atoms with Gasteiger partial charge in [-0.05, 0) is 84.7 Å². The second kappa shape index (κ2) is 14.9. The third-order valence-electron chi connectivity index (χ3n) is 8.11. The lowest BCUT2D eigenvalue weighted by molar-refractivity contribution is -0.139. The number of carboxylic acid groups (broad SMARTS) is 1. The Hall–Kier alpha value is -5.25. The van der Waals surface area contributed by atoms with Gasteiger partial charge in [-0.2, -0.15) is 13.2 Å². The molecule has 2 atom stereocenters. The Bertz CT molecular complexity index is 1940. The Morgan fingerprint density at radius 3 is 2.31 bits per heavy atom. The maximum atomic E-state index is 15.9. The van der Waals surface area contributed by atoms with Crippen molar-refractivity contribution in [3.63, 3.8) is 0 Å². The fourth-order valence-corrected chi connectivity index (χ4v) is 5.96. The number of carbonyl (C=O) groups excluding carboxylic acids is 1. The lowest BCUT2D eigenvalue weighted by atomic mass is 9.90. The average Bonchev–Trinajstić information content (AvgIpc) is 3.52. The second-order valence-electron chi connectivity index (χ2n) is 12.3. The molecule has 0 bridgehead atoms. The summed E-state index contributed by atoms with van der Waals surface area (Å²) in [6.07, 6.45) is 5.23. The standard InChI is InChI=1S/C36H35F5N4O4/c1-6-23-14-25(33-21(4)12-26(37)13-22(33)5)15-27(34(23)38)29(17-32(47)48)43-35(49)30(11-20(2)3)45-18-24(7-9-44-10-8-42-19-44)28(16-31(45)46)36(39,40)41/h1,8,10,12-16,18-20,29-30H,7,9,11,17H2,2-5H3,(H,43,49)(H,47,48)/t29-,30+/m0/s1. The molecule has 4 rings (SSSR count). The Kier molecular flexibility index (Phi) is 11.1. The minimum absolute atomic E-state index is 0.0239. The largest absolute Gasteiger partial charge is 0.481 e. The van der Waals surface area contributed by atoms with Crippen molar-refractivity contribution in [3.8, 4) is 23.5 Å². The van der Waals surface area contributed by atoms with Crippen LogP contribution in [0.25, 0.3) is 11.1 Å². The van der Waals surface area contributed by atoms with Gasteiger partial charge in [0.25, 0.3) is 5.56 Å². The molecule has 0 radical (unpaired) electrons. The predicted molar refractivity (Wildman–Crippen MR) is 172 cm³/mol. The first-order valence-electron chi connectivity index (χ1n) is 15.4. The van der Waals surface area contributed by atoms with E-state index in [0.29, 0.717) is 28.3 Å². The number of hydrogen-bond acceptors (Lipinski definition) is 4. The number of benzene rings is 2. The highest BCUT2D eigenvalue weighted by molar-refractivity contribution is 5.82. The van der Waals surface area contributed by atoms with Gasteiger partial charge in [0, 0.05) is 36.8 Å². The fraction of sp³-hybridized carbons (Fsp3) is 0.333. The van der Waals surface area contributed by atoms with E-state index in [1.165, 1.54) is 36.8 Å². The van der Waals surface area contributed by atoms with Gasteiger partial charge in [-0.1, -0.05) is 19.8 Å². The highest BCUT2D eigenvalue weighted by atomic mass is 19.4. The van der Waals surface area contributed by atoms with E-state index in [-0.39, 0.29) is 42.0 Å². The van der Waals surface area contributed by atoms with E-state index in [1.807, 2.05) is 0 Å². The van der Waals surface area contributed by atoms with E-state index < -0.39 is 59.3 Å². The highest BCUT2D eigenvalue weighted by Gasteiger charge is 2.36. The first-order chi connectivity index (χ1) is 23.0. The number of terminal acetylenes is 1. The van der Waals surface area contributed by atoms with Crippen LogP contribution in [0, 0.1) is 43.7 Å². The minimum Gasteiger partial charge on any atom is -0.481 e. The molecule has 0 saturated carbocycles. The summed E-state index contributed by atoms with van der Waals surface area (Å²) in [7, 11) is 0. The normalized spacial score (nSPS) is 12.8. The van der Waals surface area contributed by atoms with E-state index in [0.717, 1.165) is 10.8 Å². The number of aromatic nitrogens is 3. The van der Waals surface area contributed by atoms with Crippen molar-refractivity contribution in [1.29, 1.82) is 0 Å². The Morgan fingerprint density at radius 2 is 1.76 bits per heavy atom. The quantitative estimate of drug-likeness (QED) is 0.127. The molecule has 4 aromatic rings. The van der Waals surface area contributed by atoms with Crippen LogP contribution >= 0.6 is 0 Å². The lowest BCUT2D eigenvalue weighted by Gasteiger charge is -2.27. The summed E-state index contributed by atoms with van der Waals surface area (Å²) < 4.78 is 74.5. The summed E-state index contributed by atoms with van der Waals surface area (Å²) in [5.41, 5.74) is -1.12. The number of aryl methyl sites for hydroxylation is 4. The van der Waals surface area contributed by atoms with Crippen LogP contribution in [0.5, 0.6) is 0 Å². The molecule has 49 heavy (non-hydrogen) atoms. The van der Waals surface area contributed by atoms with Crippen LogP contribution in [0.15, 0.2) is 60.0 Å². The van der Waals surface area contributed by atoms with Crippen molar-refractivity contribution in [3.05, 3.63) is 111 Å². The second-order valence-corrected chi connectivity index (χ2v) is 12.3. The lowest BCUT2D eigenvalue weighted by Crippen LogP contribution is -2.41. The third kappa shape index (κ3) is 8.62. The number of aliphatic carboxylic acids is 1. The maximum Gasteiger partial charge on any atom is 0.416 e. The molecule has 0 fully saturated rings. The third-order valence-corrected chi connectivity index (χ3v) is 8.11. The molecule has 0 spiro atoms. The van der Waals surface area contributed by atoms with E-state index in [9.17, 15) is 37.1 Å². The Labute approximate surface area is 279 Å². The topological polar surface area (TPSA) is 106 Å². The molecule has 2 aromatic carbocycles. The van der Waals surface area contributed by atoms with Crippen molar-refractivity contribution in [1.82, 2.24) is 19.4 Å². The molecule has 0 saturated heterocycles. The summed E-state index contributed by atoms with van der Waals surface area (Å²) in [5.74, 6) is -1.80. The van der Waals surface area contributed by atoms with Gasteiger partial charge in [-0.15, -0.1) is 6.42 Å². The Balaban J connectivity index is 1.82. The van der Waals surface area contributed by atoms with Crippen molar-refractivity contribution < 1.29 is 36.6 Å². The number of hydrogen-bond donors (Lipinski definition) is 2. The van der Waals surface area contributed by atoms with Gasteiger partial charge in [-0.3, -0.25) is 14.4 Å². The minimum atomic E-state index is -4.86. The van der Waals surface area contributed by atoms with Crippen LogP contribution in [-0.4, -0.2) is 31.1 Å². The molecule has 0 aliphatic heterocycles. The van der Waals surface area contributed by atoms with Gasteiger partial charge in [0.05, 0.1) is 29.9 Å². The van der Waals surface area contributed by atoms with Crippen LogP contribution < -0.4 is 10.9 Å². The number of pyridine rings is 1. The SMILES string of the molecule is C#Cc1cc(-c2c(C)cc(F)cc2C)cc([C@H](CC(=O)O)NC(=O)[C@@H](CC(C)C)n2cc(CCn3ccnc3)c(C(F)(F)F)cc2=O)c1F. The molecule has 13 heteroatoms. The molecule has 2 heterocycles. The molecule has 0 unspecified atom stereocenters. The number of nitrogens with zero attached hydrogens (tertiary/aromatic N) is 3. The summed E-state index contributed by atoms with van der Waals surface area (Å²) >= 11 is 0. The molecule has 0 aliphatic carbocycles. The van der Waals surface area contributed by atoms with Crippen molar-refractivity contribution in [2.24, 2.45) is 5.92 Å². The number of alkyl halides is 3.